The van der Waals surface area contributed by atoms with E-state index in [1.807, 2.05) is 34.1 Å². The molecule has 2 atom stereocenters. The number of nitrogens with zero attached hydrogens (tertiary/aromatic N) is 2. The van der Waals surface area contributed by atoms with Crippen LogP contribution in [0.2, 0.25) is 0 Å². The molecule has 3 aromatic rings. The SMILES string of the molecule is COC(=O)CCCC(=O)N1C[C@H]2CC(c3ccc(CCCOc4cc(F)ccc4Br)cc3)=C(C(=O)N(Cc3ccccc3CCO)C3CC3)[C@@H](C1)N2. The molecule has 11 heteroatoms. The number of amides is 2. The van der Waals surface area contributed by atoms with Crippen molar-refractivity contribution >= 4 is 39.3 Å². The Morgan fingerprint density at radius 3 is 2.48 bits per heavy atom. The van der Waals surface area contributed by atoms with Crippen LogP contribution in [0.3, 0.4) is 0 Å². The Bertz CT molecular complexity index is 1780. The van der Waals surface area contributed by atoms with E-state index in [0.717, 1.165) is 53.5 Å². The van der Waals surface area contributed by atoms with E-state index in [0.29, 0.717) is 61.3 Å². The number of nitrogens with one attached hydrogen (secondary N) is 1. The molecule has 0 unspecified atom stereocenters. The Kier molecular flexibility index (Phi) is 12.8. The van der Waals surface area contributed by atoms with Crippen molar-refractivity contribution in [2.45, 2.75) is 82.5 Å². The fourth-order valence-corrected chi connectivity index (χ4v) is 7.66. The molecule has 9 nitrogen and oxygen atoms in total. The standard InChI is InChI=1S/C41H47BrFN3O6/c1-51-39(49)10-4-9-38(48)45-25-32-23-34(29-13-11-27(12-14-29)6-5-21-52-37-22-31(43)15-18-35(37)42)40(36(26-45)44-32)41(50)46(33-16-17-33)24-30-8-3-2-7-28(30)19-20-47/h2-3,7-8,11-15,18,22,32-33,36,44,47H,4-6,9-10,16-17,19-21,23-26H2,1H3/t32-,36-/m1/s1. The molecule has 276 valence electrons. The van der Waals surface area contributed by atoms with Crippen molar-refractivity contribution in [1.82, 2.24) is 15.1 Å². The predicted molar refractivity (Wildman–Crippen MR) is 200 cm³/mol. The van der Waals surface area contributed by atoms with E-state index in [9.17, 15) is 23.9 Å². The molecule has 6 rings (SSSR count). The van der Waals surface area contributed by atoms with E-state index in [4.69, 9.17) is 9.47 Å². The van der Waals surface area contributed by atoms with Gasteiger partial charge in [0.25, 0.3) is 5.91 Å². The van der Waals surface area contributed by atoms with Crippen molar-refractivity contribution in [1.29, 1.82) is 0 Å². The highest BCUT2D eigenvalue weighted by atomic mass is 79.9. The van der Waals surface area contributed by atoms with Gasteiger partial charge in [-0.05, 0) is 101 Å². The number of benzene rings is 3. The summed E-state index contributed by atoms with van der Waals surface area (Å²) in [4.78, 5) is 43.7. The van der Waals surface area contributed by atoms with Crippen molar-refractivity contribution in [3.8, 4) is 5.75 Å². The van der Waals surface area contributed by atoms with E-state index in [1.54, 1.807) is 6.07 Å². The maximum atomic E-state index is 14.9. The van der Waals surface area contributed by atoms with Gasteiger partial charge in [-0.2, -0.15) is 0 Å². The van der Waals surface area contributed by atoms with Gasteiger partial charge < -0.3 is 29.7 Å². The highest BCUT2D eigenvalue weighted by molar-refractivity contribution is 9.10. The molecular weight excluding hydrogens is 729 g/mol. The minimum atomic E-state index is -0.343. The van der Waals surface area contributed by atoms with Crippen molar-refractivity contribution in [3.63, 3.8) is 0 Å². The molecule has 2 N–H and O–H groups in total. The van der Waals surface area contributed by atoms with Crippen LogP contribution in [0.25, 0.3) is 5.57 Å². The zero-order chi connectivity index (χ0) is 36.6. The molecule has 0 spiro atoms. The van der Waals surface area contributed by atoms with Gasteiger partial charge in [-0.15, -0.1) is 0 Å². The second-order valence-electron chi connectivity index (χ2n) is 13.9. The van der Waals surface area contributed by atoms with Crippen molar-refractivity contribution in [2.24, 2.45) is 0 Å². The molecule has 3 aromatic carbocycles. The van der Waals surface area contributed by atoms with Gasteiger partial charge >= 0.3 is 5.97 Å². The van der Waals surface area contributed by atoms with Gasteiger partial charge in [0.2, 0.25) is 5.91 Å². The van der Waals surface area contributed by atoms with Gasteiger partial charge in [-0.3, -0.25) is 14.4 Å². The Morgan fingerprint density at radius 2 is 1.75 bits per heavy atom. The Hall–Kier alpha value is -4.06. The lowest BCUT2D eigenvalue weighted by molar-refractivity contribution is -0.141. The van der Waals surface area contributed by atoms with Crippen LogP contribution in [0, 0.1) is 5.82 Å². The number of halogens is 2. The third-order valence-electron chi connectivity index (χ3n) is 10.1. The van der Waals surface area contributed by atoms with Gasteiger partial charge in [0, 0.05) is 62.8 Å². The number of esters is 1. The number of carbonyl (C=O) groups is 3. The smallest absolute Gasteiger partial charge is 0.305 e. The normalized spacial score (nSPS) is 18.3. The van der Waals surface area contributed by atoms with Gasteiger partial charge in [-0.25, -0.2) is 4.39 Å². The molecule has 1 saturated carbocycles. The molecule has 1 saturated heterocycles. The van der Waals surface area contributed by atoms with Crippen LogP contribution in [0.15, 0.2) is 76.8 Å². The number of rotatable bonds is 16. The van der Waals surface area contributed by atoms with Crippen LogP contribution in [0.5, 0.6) is 5.75 Å². The number of fused-ring (bicyclic) bond motifs is 2. The number of aryl methyl sites for hydroxylation is 1. The summed E-state index contributed by atoms with van der Waals surface area (Å²) in [6.45, 7) is 1.83. The Labute approximate surface area is 313 Å². The lowest BCUT2D eigenvalue weighted by Crippen LogP contribution is -2.62. The van der Waals surface area contributed by atoms with Crippen molar-refractivity contribution in [3.05, 3.63) is 105 Å². The van der Waals surface area contributed by atoms with Crippen LogP contribution in [0.4, 0.5) is 4.39 Å². The zero-order valence-corrected chi connectivity index (χ0v) is 31.2. The summed E-state index contributed by atoms with van der Waals surface area (Å²) in [6, 6.07) is 20.5. The first-order valence-corrected chi connectivity index (χ1v) is 19.0. The van der Waals surface area contributed by atoms with Crippen LogP contribution < -0.4 is 10.1 Å². The fourth-order valence-electron chi connectivity index (χ4n) is 7.30. The van der Waals surface area contributed by atoms with Crippen LogP contribution in [-0.4, -0.2) is 84.2 Å². The molecule has 3 aliphatic rings. The molecule has 2 aliphatic heterocycles. The summed E-state index contributed by atoms with van der Waals surface area (Å²) < 4.78 is 24.9. The van der Waals surface area contributed by atoms with Crippen LogP contribution in [-0.2, 0) is 38.5 Å². The van der Waals surface area contributed by atoms with Crippen LogP contribution in [0.1, 0.15) is 67.2 Å². The summed E-state index contributed by atoms with van der Waals surface area (Å²) in [5.74, 6) is -0.232. The second kappa shape index (κ2) is 17.6. The average molecular weight is 777 g/mol. The third-order valence-corrected chi connectivity index (χ3v) is 10.8. The minimum absolute atomic E-state index is 0.0167. The summed E-state index contributed by atoms with van der Waals surface area (Å²) in [5.41, 5.74) is 5.92. The highest BCUT2D eigenvalue weighted by Gasteiger charge is 2.43. The lowest BCUT2D eigenvalue weighted by Gasteiger charge is -2.45. The van der Waals surface area contributed by atoms with E-state index < -0.39 is 0 Å². The third kappa shape index (κ3) is 9.48. The van der Waals surface area contributed by atoms with Crippen LogP contribution >= 0.6 is 15.9 Å². The Morgan fingerprint density at radius 1 is 0.981 bits per heavy atom. The van der Waals surface area contributed by atoms with E-state index in [1.165, 1.54) is 19.2 Å². The van der Waals surface area contributed by atoms with E-state index in [-0.39, 0.29) is 61.2 Å². The predicted octanol–water partition coefficient (Wildman–Crippen LogP) is 6.00. The van der Waals surface area contributed by atoms with Crippen molar-refractivity contribution < 1.29 is 33.4 Å². The number of carbonyl (C=O) groups excluding carboxylic acids is 3. The topological polar surface area (TPSA) is 108 Å². The summed E-state index contributed by atoms with van der Waals surface area (Å²) in [5, 5.41) is 13.4. The fraction of sp³-hybridized carbons (Fsp3) is 0.439. The first kappa shape index (κ1) is 37.7. The summed E-state index contributed by atoms with van der Waals surface area (Å²) >= 11 is 3.41. The zero-order valence-electron chi connectivity index (χ0n) is 29.6. The number of piperazine rings is 1. The first-order valence-electron chi connectivity index (χ1n) is 18.2. The largest absolute Gasteiger partial charge is 0.492 e. The molecule has 0 radical (unpaired) electrons. The summed E-state index contributed by atoms with van der Waals surface area (Å²) in [7, 11) is 1.35. The maximum absolute atomic E-state index is 14.9. The highest BCUT2D eigenvalue weighted by Crippen LogP contribution is 2.38. The molecule has 0 aromatic heterocycles. The quantitative estimate of drug-likeness (QED) is 0.136. The number of methoxy groups -OCH3 is 1. The average Bonchev–Trinajstić information content (AvgIpc) is 3.99. The number of hydrogen-bond donors (Lipinski definition) is 2. The minimum Gasteiger partial charge on any atom is -0.492 e. The second-order valence-corrected chi connectivity index (χ2v) is 14.7. The first-order chi connectivity index (χ1) is 25.2. The molecule has 52 heavy (non-hydrogen) atoms. The van der Waals surface area contributed by atoms with E-state index in [2.05, 4.69) is 45.5 Å². The molecule has 2 fully saturated rings. The van der Waals surface area contributed by atoms with E-state index >= 15 is 0 Å². The van der Waals surface area contributed by atoms with Gasteiger partial charge in [-0.1, -0.05) is 48.5 Å². The van der Waals surface area contributed by atoms with Gasteiger partial charge in [0.1, 0.15) is 11.6 Å². The molecule has 1 aliphatic carbocycles. The molecule has 2 amide bonds. The maximum Gasteiger partial charge on any atom is 0.305 e. The van der Waals surface area contributed by atoms with Crippen molar-refractivity contribution in [2.75, 3.05) is 33.4 Å². The number of ether oxygens (including phenoxy) is 2. The monoisotopic (exact) mass is 775 g/mol. The molecule has 2 bridgehead atoms. The van der Waals surface area contributed by atoms with Gasteiger partial charge in [0.05, 0.1) is 24.2 Å². The number of aliphatic hydroxyl groups excluding tert-OH is 1. The molecule has 2 heterocycles. The Balaban J connectivity index is 1.23. The number of hydrogen-bond acceptors (Lipinski definition) is 7. The van der Waals surface area contributed by atoms with Gasteiger partial charge in [0.15, 0.2) is 0 Å². The lowest BCUT2D eigenvalue weighted by atomic mass is 9.82. The number of aliphatic hydroxyl groups is 1. The summed E-state index contributed by atoms with van der Waals surface area (Å²) in [6.07, 6.45) is 5.39. The molecular formula is C41H47BrFN3O6.